The molecule has 0 spiro atoms. The van der Waals surface area contributed by atoms with Crippen molar-refractivity contribution in [3.8, 4) is 0 Å². The molecule has 0 aromatic heterocycles. The van der Waals surface area contributed by atoms with E-state index in [9.17, 15) is 0 Å². The van der Waals surface area contributed by atoms with Crippen LogP contribution in [0.15, 0.2) is 0 Å². The molecule has 110 valence electrons. The quantitative estimate of drug-likeness (QED) is 0.714. The first kappa shape index (κ1) is 13.9. The number of nitrogens with two attached hydrogens (primary N) is 1. The van der Waals surface area contributed by atoms with E-state index in [0.29, 0.717) is 6.04 Å². The topological polar surface area (TPSA) is 29.3 Å². The second-order valence-electron chi connectivity index (χ2n) is 7.40. The highest BCUT2D eigenvalue weighted by Crippen LogP contribution is 2.37. The summed E-state index contributed by atoms with van der Waals surface area (Å²) in [6.07, 6.45) is 14.6. The molecule has 0 heterocycles. The molecule has 2 nitrogen and oxygen atoms in total. The second-order valence-corrected chi connectivity index (χ2v) is 7.40. The van der Waals surface area contributed by atoms with Crippen molar-refractivity contribution in [2.45, 2.75) is 70.3 Å². The van der Waals surface area contributed by atoms with Crippen LogP contribution in [0.3, 0.4) is 0 Å². The van der Waals surface area contributed by atoms with E-state index < -0.39 is 0 Å². The number of nitrogens with zero attached hydrogens (tertiary/aromatic N) is 1. The van der Waals surface area contributed by atoms with Crippen molar-refractivity contribution in [3.63, 3.8) is 0 Å². The monoisotopic (exact) mass is 264 g/mol. The predicted octanol–water partition coefficient (Wildman–Crippen LogP) is 3.41. The molecule has 3 aliphatic rings. The Bertz CT molecular complexity index is 248. The highest BCUT2D eigenvalue weighted by Gasteiger charge is 2.35. The van der Waals surface area contributed by atoms with Crippen LogP contribution in [0.5, 0.6) is 0 Å². The van der Waals surface area contributed by atoms with Gasteiger partial charge in [-0.1, -0.05) is 25.7 Å². The Morgan fingerprint density at radius 2 is 1.32 bits per heavy atom. The molecular formula is C17H32N2. The normalized spacial score (nSPS) is 27.5. The van der Waals surface area contributed by atoms with Gasteiger partial charge in [-0.15, -0.1) is 0 Å². The van der Waals surface area contributed by atoms with Gasteiger partial charge in [0.2, 0.25) is 0 Å². The van der Waals surface area contributed by atoms with Crippen LogP contribution in [0.2, 0.25) is 0 Å². The first-order valence-corrected chi connectivity index (χ1v) is 8.81. The van der Waals surface area contributed by atoms with Crippen LogP contribution in [0.4, 0.5) is 0 Å². The van der Waals surface area contributed by atoms with Crippen LogP contribution in [-0.4, -0.2) is 30.6 Å². The second kappa shape index (κ2) is 6.58. The zero-order valence-corrected chi connectivity index (χ0v) is 12.5. The van der Waals surface area contributed by atoms with E-state index in [1.165, 1.54) is 77.3 Å². The summed E-state index contributed by atoms with van der Waals surface area (Å²) in [4.78, 5) is 2.82. The van der Waals surface area contributed by atoms with Crippen LogP contribution < -0.4 is 5.73 Å². The number of hydrogen-bond donors (Lipinski definition) is 1. The summed E-state index contributed by atoms with van der Waals surface area (Å²) in [6, 6.07) is 0.694. The summed E-state index contributed by atoms with van der Waals surface area (Å²) >= 11 is 0. The predicted molar refractivity (Wildman–Crippen MR) is 81.1 cm³/mol. The Kier molecular flexibility index (Phi) is 4.81. The van der Waals surface area contributed by atoms with Gasteiger partial charge in [-0.05, 0) is 56.3 Å². The molecule has 0 aliphatic heterocycles. The fourth-order valence-corrected chi connectivity index (χ4v) is 3.94. The molecule has 3 saturated carbocycles. The smallest absolute Gasteiger partial charge is 0.0246 e. The molecule has 3 aliphatic carbocycles. The molecular weight excluding hydrogens is 232 g/mol. The number of hydrogen-bond acceptors (Lipinski definition) is 2. The van der Waals surface area contributed by atoms with Crippen LogP contribution in [0.25, 0.3) is 0 Å². The molecule has 19 heavy (non-hydrogen) atoms. The van der Waals surface area contributed by atoms with Crippen LogP contribution >= 0.6 is 0 Å². The Morgan fingerprint density at radius 3 is 1.74 bits per heavy atom. The highest BCUT2D eigenvalue weighted by molar-refractivity contribution is 4.89. The molecule has 0 radical (unpaired) electrons. The summed E-state index contributed by atoms with van der Waals surface area (Å²) in [5.74, 6) is 2.92. The van der Waals surface area contributed by atoms with Crippen molar-refractivity contribution in [3.05, 3.63) is 0 Å². The van der Waals surface area contributed by atoms with Gasteiger partial charge in [-0.2, -0.15) is 0 Å². The fraction of sp³-hybridized carbons (Fsp3) is 1.00. The maximum Gasteiger partial charge on any atom is 0.0246 e. The van der Waals surface area contributed by atoms with Gasteiger partial charge < -0.3 is 5.73 Å². The third kappa shape index (κ3) is 4.19. The van der Waals surface area contributed by atoms with Crippen LogP contribution in [0.1, 0.15) is 64.2 Å². The standard InChI is InChI=1S/C17H32N2/c18-11-17(16-5-3-1-2-4-6-16)19(12-14-7-8-14)13-15-9-10-15/h14-17H,1-13,18H2. The summed E-state index contributed by atoms with van der Waals surface area (Å²) in [5, 5.41) is 0. The highest BCUT2D eigenvalue weighted by atomic mass is 15.2. The molecule has 0 bridgehead atoms. The van der Waals surface area contributed by atoms with Gasteiger partial charge in [0.1, 0.15) is 0 Å². The van der Waals surface area contributed by atoms with Gasteiger partial charge in [0.25, 0.3) is 0 Å². The van der Waals surface area contributed by atoms with Gasteiger partial charge in [-0.3, -0.25) is 4.90 Å². The van der Waals surface area contributed by atoms with Crippen molar-refractivity contribution >= 4 is 0 Å². The van der Waals surface area contributed by atoms with E-state index in [1.54, 1.807) is 0 Å². The molecule has 2 heteroatoms. The molecule has 0 amide bonds. The molecule has 1 unspecified atom stereocenters. The molecule has 0 saturated heterocycles. The average Bonchev–Trinajstić information content (AvgIpc) is 3.27. The van der Waals surface area contributed by atoms with Gasteiger partial charge in [0, 0.05) is 25.7 Å². The van der Waals surface area contributed by atoms with Gasteiger partial charge in [0.15, 0.2) is 0 Å². The van der Waals surface area contributed by atoms with Gasteiger partial charge >= 0.3 is 0 Å². The molecule has 3 rings (SSSR count). The lowest BCUT2D eigenvalue weighted by Crippen LogP contribution is -2.47. The van der Waals surface area contributed by atoms with Crippen molar-refractivity contribution in [2.75, 3.05) is 19.6 Å². The van der Waals surface area contributed by atoms with E-state index >= 15 is 0 Å². The summed E-state index contributed by atoms with van der Waals surface area (Å²) < 4.78 is 0. The summed E-state index contributed by atoms with van der Waals surface area (Å²) in [7, 11) is 0. The lowest BCUT2D eigenvalue weighted by molar-refractivity contribution is 0.124. The Morgan fingerprint density at radius 1 is 0.789 bits per heavy atom. The van der Waals surface area contributed by atoms with E-state index in [0.717, 1.165) is 24.3 Å². The van der Waals surface area contributed by atoms with Crippen LogP contribution in [0, 0.1) is 17.8 Å². The van der Waals surface area contributed by atoms with E-state index in [2.05, 4.69) is 4.90 Å². The minimum atomic E-state index is 0.694. The van der Waals surface area contributed by atoms with Crippen LogP contribution in [-0.2, 0) is 0 Å². The third-order valence-corrected chi connectivity index (χ3v) is 5.53. The largest absolute Gasteiger partial charge is 0.329 e. The average molecular weight is 264 g/mol. The van der Waals surface area contributed by atoms with Gasteiger partial charge in [0.05, 0.1) is 0 Å². The fourth-order valence-electron chi connectivity index (χ4n) is 3.94. The molecule has 2 N–H and O–H groups in total. The Hall–Kier alpha value is -0.0800. The SMILES string of the molecule is NCC(C1CCCCCC1)N(CC1CC1)CC1CC1. The summed E-state index contributed by atoms with van der Waals surface area (Å²) in [5.41, 5.74) is 6.21. The van der Waals surface area contributed by atoms with E-state index in [4.69, 9.17) is 5.73 Å². The minimum absolute atomic E-state index is 0.694. The minimum Gasteiger partial charge on any atom is -0.329 e. The van der Waals surface area contributed by atoms with E-state index in [1.807, 2.05) is 0 Å². The first-order valence-electron chi connectivity index (χ1n) is 8.81. The molecule has 1 atom stereocenters. The Labute approximate surface area is 119 Å². The van der Waals surface area contributed by atoms with Crippen molar-refractivity contribution < 1.29 is 0 Å². The lowest BCUT2D eigenvalue weighted by atomic mass is 9.90. The first-order chi connectivity index (χ1) is 9.36. The van der Waals surface area contributed by atoms with Crippen molar-refractivity contribution in [2.24, 2.45) is 23.5 Å². The Balaban J connectivity index is 1.60. The zero-order chi connectivity index (χ0) is 13.1. The lowest BCUT2D eigenvalue weighted by Gasteiger charge is -2.36. The maximum atomic E-state index is 6.21. The van der Waals surface area contributed by atoms with Gasteiger partial charge in [-0.25, -0.2) is 0 Å². The molecule has 3 fully saturated rings. The zero-order valence-electron chi connectivity index (χ0n) is 12.5. The molecule has 0 aromatic rings. The summed E-state index contributed by atoms with van der Waals surface area (Å²) in [6.45, 7) is 3.60. The molecule has 0 aromatic carbocycles. The van der Waals surface area contributed by atoms with Crippen molar-refractivity contribution in [1.82, 2.24) is 4.90 Å². The number of rotatable bonds is 7. The van der Waals surface area contributed by atoms with E-state index in [-0.39, 0.29) is 0 Å². The third-order valence-electron chi connectivity index (χ3n) is 5.53. The van der Waals surface area contributed by atoms with Crippen molar-refractivity contribution in [1.29, 1.82) is 0 Å². The maximum absolute atomic E-state index is 6.21.